The summed E-state index contributed by atoms with van der Waals surface area (Å²) in [7, 11) is -4.66. The van der Waals surface area contributed by atoms with Crippen molar-refractivity contribution in [3.63, 3.8) is 0 Å². The Morgan fingerprint density at radius 3 is 2.57 bits per heavy atom. The molecule has 0 spiro atoms. The van der Waals surface area contributed by atoms with Crippen LogP contribution in [0.25, 0.3) is 0 Å². The van der Waals surface area contributed by atoms with E-state index < -0.39 is 22.4 Å². The lowest BCUT2D eigenvalue weighted by Gasteiger charge is -2.11. The van der Waals surface area contributed by atoms with Gasteiger partial charge in [-0.05, 0) is 18.4 Å². The van der Waals surface area contributed by atoms with Crippen LogP contribution < -0.4 is 5.48 Å². The first-order valence-electron chi connectivity index (χ1n) is 3.50. The fraction of sp³-hybridized carbons (Fsp3) is 0.800. The quantitative estimate of drug-likeness (QED) is 0.407. The van der Waals surface area contributed by atoms with E-state index in [2.05, 4.69) is 4.28 Å². The van der Waals surface area contributed by atoms with Gasteiger partial charge in [-0.1, -0.05) is 0 Å². The zero-order chi connectivity index (χ0) is 11.2. The number of carbonyl (C=O) groups is 1. The summed E-state index contributed by atoms with van der Waals surface area (Å²) in [6.07, 6.45) is 1.97. The Balaban J connectivity index is 4.04. The Kier molecular flexibility index (Phi) is 6.04. The van der Waals surface area contributed by atoms with Gasteiger partial charge in [-0.25, -0.2) is 0 Å². The minimum absolute atomic E-state index is 0.187. The lowest BCUT2D eigenvalue weighted by molar-refractivity contribution is -0.141. The molecule has 0 aliphatic rings. The molecule has 0 fully saturated rings. The van der Waals surface area contributed by atoms with E-state index in [4.69, 9.17) is 9.66 Å². The summed E-state index contributed by atoms with van der Waals surface area (Å²) in [5, 5.41) is 8.57. The van der Waals surface area contributed by atoms with Crippen molar-refractivity contribution >= 4 is 28.1 Å². The van der Waals surface area contributed by atoms with Gasteiger partial charge in [0.1, 0.15) is 6.04 Å². The van der Waals surface area contributed by atoms with Crippen molar-refractivity contribution < 1.29 is 27.2 Å². The first-order chi connectivity index (χ1) is 6.37. The number of nitrogens with one attached hydrogen (secondary N) is 1. The number of carboxylic acid groups (broad SMARTS) is 1. The van der Waals surface area contributed by atoms with Gasteiger partial charge in [0, 0.05) is 0 Å². The maximum Gasteiger partial charge on any atom is 0.413 e. The third kappa shape index (κ3) is 7.09. The van der Waals surface area contributed by atoms with Gasteiger partial charge in [0.05, 0.1) is 0 Å². The molecule has 0 aromatic carbocycles. The van der Waals surface area contributed by atoms with E-state index in [0.717, 1.165) is 0 Å². The second kappa shape index (κ2) is 6.19. The van der Waals surface area contributed by atoms with Crippen LogP contribution in [0.2, 0.25) is 0 Å². The highest BCUT2D eigenvalue weighted by Gasteiger charge is 2.19. The lowest BCUT2D eigenvalue weighted by Crippen LogP contribution is -2.38. The number of carboxylic acids is 1. The predicted molar refractivity (Wildman–Crippen MR) is 50.2 cm³/mol. The Morgan fingerprint density at radius 2 is 2.21 bits per heavy atom. The van der Waals surface area contributed by atoms with Crippen LogP contribution in [0.3, 0.4) is 0 Å². The summed E-state index contributed by atoms with van der Waals surface area (Å²) in [6, 6.07) is -1.16. The Bertz CT molecular complexity index is 276. The van der Waals surface area contributed by atoms with Crippen LogP contribution in [-0.2, 0) is 19.5 Å². The molecule has 0 saturated carbocycles. The van der Waals surface area contributed by atoms with E-state index in [0.29, 0.717) is 5.75 Å². The minimum Gasteiger partial charge on any atom is -0.480 e. The van der Waals surface area contributed by atoms with Gasteiger partial charge in [-0.3, -0.25) is 9.35 Å². The third-order valence-corrected chi connectivity index (χ3v) is 2.16. The van der Waals surface area contributed by atoms with Gasteiger partial charge in [0.25, 0.3) is 0 Å². The second-order valence-corrected chi connectivity index (χ2v) is 4.31. The average molecular weight is 245 g/mol. The number of hydroxylamine groups is 1. The monoisotopic (exact) mass is 245 g/mol. The van der Waals surface area contributed by atoms with E-state index in [1.165, 1.54) is 11.8 Å². The van der Waals surface area contributed by atoms with Crippen LogP contribution in [0.15, 0.2) is 0 Å². The summed E-state index contributed by atoms with van der Waals surface area (Å²) in [6.45, 7) is 0. The Hall–Kier alpha value is -0.350. The fourth-order valence-electron chi connectivity index (χ4n) is 0.587. The molecule has 0 radical (unpaired) electrons. The van der Waals surface area contributed by atoms with Crippen molar-refractivity contribution in [3.05, 3.63) is 0 Å². The molecule has 14 heavy (non-hydrogen) atoms. The van der Waals surface area contributed by atoms with Crippen molar-refractivity contribution in [2.45, 2.75) is 12.5 Å². The molecular formula is C5H11NO6S2. The predicted octanol–water partition coefficient (Wildman–Crippen LogP) is -0.483. The highest BCUT2D eigenvalue weighted by molar-refractivity contribution is 7.98. The standard InChI is InChI=1S/C5H11NO6S2/c1-13-3-2-4(5(7)8)6-12-14(9,10)11/h4,6H,2-3H2,1H3,(H,7,8)(H,9,10,11)/t4-/m0/s1. The average Bonchev–Trinajstić information content (AvgIpc) is 2.01. The van der Waals surface area contributed by atoms with Crippen LogP contribution in [0.5, 0.6) is 0 Å². The molecular weight excluding hydrogens is 234 g/mol. The zero-order valence-electron chi connectivity index (χ0n) is 7.34. The topological polar surface area (TPSA) is 113 Å². The highest BCUT2D eigenvalue weighted by atomic mass is 32.3. The summed E-state index contributed by atoms with van der Waals surface area (Å²) < 4.78 is 32.1. The van der Waals surface area contributed by atoms with Gasteiger partial charge in [0.15, 0.2) is 0 Å². The smallest absolute Gasteiger partial charge is 0.413 e. The van der Waals surface area contributed by atoms with Crippen molar-refractivity contribution in [1.82, 2.24) is 5.48 Å². The molecule has 0 saturated heterocycles. The summed E-state index contributed by atoms with van der Waals surface area (Å²) >= 11 is 1.41. The fourth-order valence-corrected chi connectivity index (χ4v) is 1.30. The first kappa shape index (κ1) is 13.7. The molecule has 0 heterocycles. The molecule has 0 unspecified atom stereocenters. The van der Waals surface area contributed by atoms with Gasteiger partial charge in [-0.15, -0.1) is 0 Å². The van der Waals surface area contributed by atoms with E-state index in [1.54, 1.807) is 11.7 Å². The number of hydrogen-bond donors (Lipinski definition) is 3. The molecule has 7 nitrogen and oxygen atoms in total. The van der Waals surface area contributed by atoms with Crippen molar-refractivity contribution in [2.75, 3.05) is 12.0 Å². The first-order valence-corrected chi connectivity index (χ1v) is 6.26. The summed E-state index contributed by atoms with van der Waals surface area (Å²) in [4.78, 5) is 10.5. The van der Waals surface area contributed by atoms with Gasteiger partial charge >= 0.3 is 16.4 Å². The molecule has 84 valence electrons. The molecule has 1 atom stereocenters. The molecule has 0 aliphatic carbocycles. The van der Waals surface area contributed by atoms with E-state index >= 15 is 0 Å². The highest BCUT2D eigenvalue weighted by Crippen LogP contribution is 2.01. The van der Waals surface area contributed by atoms with Crippen LogP contribution in [-0.4, -0.2) is 42.1 Å². The van der Waals surface area contributed by atoms with Gasteiger partial charge in [0.2, 0.25) is 0 Å². The molecule has 0 rings (SSSR count). The van der Waals surface area contributed by atoms with E-state index in [9.17, 15) is 13.2 Å². The number of hydrogen-bond acceptors (Lipinski definition) is 6. The second-order valence-electron chi connectivity index (χ2n) is 2.30. The summed E-state index contributed by atoms with van der Waals surface area (Å²) in [5.74, 6) is -0.721. The van der Waals surface area contributed by atoms with Gasteiger partial charge in [-0.2, -0.15) is 29.9 Å². The molecule has 0 aromatic rings. The molecule has 0 aromatic heterocycles. The van der Waals surface area contributed by atoms with Crippen molar-refractivity contribution in [2.24, 2.45) is 0 Å². The largest absolute Gasteiger partial charge is 0.480 e. The Labute approximate surface area is 85.7 Å². The molecule has 0 aliphatic heterocycles. The van der Waals surface area contributed by atoms with Crippen LogP contribution in [0.4, 0.5) is 0 Å². The molecule has 0 bridgehead atoms. The normalized spacial score (nSPS) is 13.9. The number of aliphatic carboxylic acids is 1. The van der Waals surface area contributed by atoms with E-state index in [1.807, 2.05) is 0 Å². The maximum atomic E-state index is 10.5. The lowest BCUT2D eigenvalue weighted by atomic mass is 10.2. The molecule has 0 amide bonds. The van der Waals surface area contributed by atoms with Crippen molar-refractivity contribution in [3.8, 4) is 0 Å². The molecule has 9 heteroatoms. The summed E-state index contributed by atoms with van der Waals surface area (Å²) in [5.41, 5.74) is 1.74. The zero-order valence-corrected chi connectivity index (χ0v) is 8.97. The SMILES string of the molecule is CSCC[C@H](NOS(=O)(=O)O)C(=O)O. The number of rotatable bonds is 7. The van der Waals surface area contributed by atoms with Crippen molar-refractivity contribution in [1.29, 1.82) is 0 Å². The van der Waals surface area contributed by atoms with E-state index in [-0.39, 0.29) is 6.42 Å². The van der Waals surface area contributed by atoms with Crippen LogP contribution in [0, 0.1) is 0 Å². The van der Waals surface area contributed by atoms with Crippen LogP contribution in [0.1, 0.15) is 6.42 Å². The Morgan fingerprint density at radius 1 is 1.64 bits per heavy atom. The van der Waals surface area contributed by atoms with Crippen LogP contribution >= 0.6 is 11.8 Å². The van der Waals surface area contributed by atoms with Gasteiger partial charge < -0.3 is 5.11 Å². The molecule has 3 N–H and O–H groups in total. The maximum absolute atomic E-state index is 10.5. The minimum atomic E-state index is -4.66. The number of thioether (sulfide) groups is 1. The third-order valence-electron chi connectivity index (χ3n) is 1.20.